The lowest BCUT2D eigenvalue weighted by Crippen LogP contribution is -2.16. The number of ether oxygens (including phenoxy) is 2. The molecule has 0 aliphatic carbocycles. The molecule has 1 amide bonds. The normalized spacial score (nSPS) is 10.0. The molecule has 5 heteroatoms. The predicted molar refractivity (Wildman–Crippen MR) is 92.3 cm³/mol. The van der Waals surface area contributed by atoms with Crippen molar-refractivity contribution in [3.8, 4) is 22.8 Å². The van der Waals surface area contributed by atoms with E-state index in [0.717, 1.165) is 17.0 Å². The molecule has 24 heavy (non-hydrogen) atoms. The number of rotatable bonds is 4. The Morgan fingerprint density at radius 3 is 2.42 bits per heavy atom. The van der Waals surface area contributed by atoms with Crippen LogP contribution in [0.25, 0.3) is 11.3 Å². The number of amides is 1. The zero-order valence-corrected chi connectivity index (χ0v) is 13.1. The molecular weight excluding hydrogens is 304 g/mol. The van der Waals surface area contributed by atoms with Gasteiger partial charge in [-0.15, -0.1) is 0 Å². The molecule has 0 radical (unpaired) electrons. The van der Waals surface area contributed by atoms with E-state index in [9.17, 15) is 4.79 Å². The summed E-state index contributed by atoms with van der Waals surface area (Å²) < 4.78 is 10.5. The van der Waals surface area contributed by atoms with Crippen LogP contribution < -0.4 is 14.8 Å². The lowest BCUT2D eigenvalue weighted by molar-refractivity contribution is 0.215. The van der Waals surface area contributed by atoms with Gasteiger partial charge in [-0.05, 0) is 36.4 Å². The Bertz CT molecular complexity index is 818. The second kappa shape index (κ2) is 7.28. The van der Waals surface area contributed by atoms with Crippen molar-refractivity contribution in [1.29, 1.82) is 0 Å². The minimum atomic E-state index is -0.562. The molecule has 5 nitrogen and oxygen atoms in total. The number of benzene rings is 2. The average molecular weight is 320 g/mol. The molecule has 1 N–H and O–H groups in total. The third-order valence-corrected chi connectivity index (χ3v) is 3.35. The molecule has 0 aliphatic heterocycles. The van der Waals surface area contributed by atoms with Crippen molar-refractivity contribution < 1.29 is 14.3 Å². The molecule has 0 saturated heterocycles. The fourth-order valence-corrected chi connectivity index (χ4v) is 2.22. The Kier molecular flexibility index (Phi) is 4.72. The maximum Gasteiger partial charge on any atom is 0.417 e. The quantitative estimate of drug-likeness (QED) is 0.775. The standard InChI is InChI=1S/C19H16N2O3/c1-23-18-10-6-5-9-16(18)17-12-11-14(13-20-17)21-19(22)24-15-7-3-2-4-8-15/h2-13H,1H3,(H,21,22). The molecule has 2 aromatic carbocycles. The first-order valence-electron chi connectivity index (χ1n) is 7.39. The minimum absolute atomic E-state index is 0.480. The van der Waals surface area contributed by atoms with E-state index in [1.54, 1.807) is 43.6 Å². The molecule has 3 aromatic rings. The highest BCUT2D eigenvalue weighted by molar-refractivity contribution is 5.86. The van der Waals surface area contributed by atoms with Gasteiger partial charge in [0, 0.05) is 5.56 Å². The highest BCUT2D eigenvalue weighted by atomic mass is 16.6. The number of aromatic nitrogens is 1. The minimum Gasteiger partial charge on any atom is -0.496 e. The van der Waals surface area contributed by atoms with Crippen molar-refractivity contribution in [2.45, 2.75) is 0 Å². The lowest BCUT2D eigenvalue weighted by atomic mass is 10.1. The van der Waals surface area contributed by atoms with Crippen molar-refractivity contribution in [3.05, 3.63) is 72.9 Å². The Morgan fingerprint density at radius 1 is 0.958 bits per heavy atom. The summed E-state index contributed by atoms with van der Waals surface area (Å²) in [6, 6.07) is 20.1. The summed E-state index contributed by atoms with van der Waals surface area (Å²) in [7, 11) is 1.62. The maximum absolute atomic E-state index is 11.9. The SMILES string of the molecule is COc1ccccc1-c1ccc(NC(=O)Oc2ccccc2)cn1. The number of hydrogen-bond acceptors (Lipinski definition) is 4. The number of hydrogen-bond donors (Lipinski definition) is 1. The van der Waals surface area contributed by atoms with Crippen molar-refractivity contribution in [1.82, 2.24) is 4.98 Å². The fourth-order valence-electron chi connectivity index (χ4n) is 2.22. The molecule has 0 unspecified atom stereocenters. The van der Waals surface area contributed by atoms with Crippen molar-refractivity contribution in [2.75, 3.05) is 12.4 Å². The second-order valence-electron chi connectivity index (χ2n) is 4.96. The first kappa shape index (κ1) is 15.6. The molecule has 0 fully saturated rings. The Morgan fingerprint density at radius 2 is 1.71 bits per heavy atom. The van der Waals surface area contributed by atoms with Crippen LogP contribution in [-0.2, 0) is 0 Å². The van der Waals surface area contributed by atoms with Gasteiger partial charge in [-0.3, -0.25) is 10.3 Å². The summed E-state index contributed by atoms with van der Waals surface area (Å²) in [6.07, 6.45) is 1.02. The van der Waals surface area contributed by atoms with Crippen LogP contribution in [-0.4, -0.2) is 18.2 Å². The molecule has 0 bridgehead atoms. The first-order chi connectivity index (χ1) is 11.8. The average Bonchev–Trinajstić information content (AvgIpc) is 2.63. The fraction of sp³-hybridized carbons (Fsp3) is 0.0526. The monoisotopic (exact) mass is 320 g/mol. The van der Waals surface area contributed by atoms with E-state index in [4.69, 9.17) is 9.47 Å². The molecule has 0 spiro atoms. The van der Waals surface area contributed by atoms with Gasteiger partial charge in [0.05, 0.1) is 24.7 Å². The predicted octanol–water partition coefficient (Wildman–Crippen LogP) is 4.37. The van der Waals surface area contributed by atoms with Gasteiger partial charge in [0.25, 0.3) is 0 Å². The van der Waals surface area contributed by atoms with Gasteiger partial charge >= 0.3 is 6.09 Å². The molecule has 0 saturated carbocycles. The van der Waals surface area contributed by atoms with E-state index in [1.165, 1.54) is 0 Å². The van der Waals surface area contributed by atoms with Crippen LogP contribution in [0.3, 0.4) is 0 Å². The molecule has 0 atom stereocenters. The number of anilines is 1. The summed E-state index contributed by atoms with van der Waals surface area (Å²) in [4.78, 5) is 16.2. The second-order valence-corrected chi connectivity index (χ2v) is 4.96. The lowest BCUT2D eigenvalue weighted by Gasteiger charge is -2.09. The smallest absolute Gasteiger partial charge is 0.417 e. The number of pyridine rings is 1. The summed E-state index contributed by atoms with van der Waals surface area (Å²) in [5, 5.41) is 2.64. The maximum atomic E-state index is 11.9. The molecule has 1 aromatic heterocycles. The van der Waals surface area contributed by atoms with Crippen molar-refractivity contribution >= 4 is 11.8 Å². The van der Waals surface area contributed by atoms with Crippen LogP contribution >= 0.6 is 0 Å². The molecular formula is C19H16N2O3. The highest BCUT2D eigenvalue weighted by Gasteiger charge is 2.08. The zero-order valence-electron chi connectivity index (χ0n) is 13.1. The molecule has 3 rings (SSSR count). The van der Waals surface area contributed by atoms with E-state index in [0.29, 0.717) is 11.4 Å². The number of carbonyl (C=O) groups is 1. The van der Waals surface area contributed by atoms with Crippen LogP contribution in [0.4, 0.5) is 10.5 Å². The van der Waals surface area contributed by atoms with Gasteiger partial charge in [-0.2, -0.15) is 0 Å². The van der Waals surface area contributed by atoms with E-state index in [1.807, 2.05) is 36.4 Å². The number of nitrogens with zero attached hydrogens (tertiary/aromatic N) is 1. The Hall–Kier alpha value is -3.34. The number of para-hydroxylation sites is 2. The molecule has 0 aliphatic rings. The van der Waals surface area contributed by atoms with Gasteiger partial charge in [-0.25, -0.2) is 4.79 Å². The van der Waals surface area contributed by atoms with E-state index < -0.39 is 6.09 Å². The van der Waals surface area contributed by atoms with Crippen molar-refractivity contribution in [2.24, 2.45) is 0 Å². The van der Waals surface area contributed by atoms with Gasteiger partial charge in [-0.1, -0.05) is 30.3 Å². The number of carbonyl (C=O) groups excluding carboxylic acids is 1. The summed E-state index contributed by atoms with van der Waals surface area (Å²) in [5.74, 6) is 1.22. The molecule has 1 heterocycles. The number of methoxy groups -OCH3 is 1. The van der Waals surface area contributed by atoms with Crippen LogP contribution in [0, 0.1) is 0 Å². The summed E-state index contributed by atoms with van der Waals surface area (Å²) in [5.41, 5.74) is 2.20. The third-order valence-electron chi connectivity index (χ3n) is 3.35. The first-order valence-corrected chi connectivity index (χ1v) is 7.39. The summed E-state index contributed by atoms with van der Waals surface area (Å²) in [6.45, 7) is 0. The van der Waals surface area contributed by atoms with Crippen LogP contribution in [0.5, 0.6) is 11.5 Å². The Balaban J connectivity index is 1.69. The van der Waals surface area contributed by atoms with Crippen LogP contribution in [0.15, 0.2) is 72.9 Å². The van der Waals surface area contributed by atoms with Gasteiger partial charge in [0.1, 0.15) is 11.5 Å². The highest BCUT2D eigenvalue weighted by Crippen LogP contribution is 2.28. The molecule has 120 valence electrons. The summed E-state index contributed by atoms with van der Waals surface area (Å²) >= 11 is 0. The Labute approximate surface area is 139 Å². The zero-order chi connectivity index (χ0) is 16.8. The van der Waals surface area contributed by atoms with E-state index >= 15 is 0 Å². The van der Waals surface area contributed by atoms with Crippen LogP contribution in [0.1, 0.15) is 0 Å². The third kappa shape index (κ3) is 3.70. The van der Waals surface area contributed by atoms with Crippen molar-refractivity contribution in [3.63, 3.8) is 0 Å². The van der Waals surface area contributed by atoms with Gasteiger partial charge < -0.3 is 9.47 Å². The van der Waals surface area contributed by atoms with Crippen LogP contribution in [0.2, 0.25) is 0 Å². The van der Waals surface area contributed by atoms with Gasteiger partial charge in [0.15, 0.2) is 0 Å². The largest absolute Gasteiger partial charge is 0.496 e. The van der Waals surface area contributed by atoms with E-state index in [2.05, 4.69) is 10.3 Å². The van der Waals surface area contributed by atoms with E-state index in [-0.39, 0.29) is 0 Å². The topological polar surface area (TPSA) is 60.5 Å². The van der Waals surface area contributed by atoms with Gasteiger partial charge in [0.2, 0.25) is 0 Å². The number of nitrogens with one attached hydrogen (secondary N) is 1.